The highest BCUT2D eigenvalue weighted by Gasteiger charge is 2.17. The summed E-state index contributed by atoms with van der Waals surface area (Å²) in [6.45, 7) is 2.25. The van der Waals surface area contributed by atoms with Crippen molar-refractivity contribution in [3.05, 3.63) is 81.3 Å². The summed E-state index contributed by atoms with van der Waals surface area (Å²) in [4.78, 5) is 12.1. The standard InChI is InChI=1S/C23H21Cl3N2O5S/c1-2-32-18-7-5-17(6-8-18)28-34(30,31)19-9-10-22(21(26)12-19)33-14-23(29)27-13-15-3-4-16(24)11-20(15)25/h3-12,28H,2,13-14H2,1H3,(H,27,29). The van der Waals surface area contributed by atoms with Crippen molar-refractivity contribution in [1.82, 2.24) is 5.32 Å². The van der Waals surface area contributed by atoms with Crippen LogP contribution in [0.15, 0.2) is 65.6 Å². The van der Waals surface area contributed by atoms with Gasteiger partial charge in [0.25, 0.3) is 15.9 Å². The first-order valence-electron chi connectivity index (χ1n) is 10.1. The van der Waals surface area contributed by atoms with Gasteiger partial charge in [0.1, 0.15) is 11.5 Å². The highest BCUT2D eigenvalue weighted by atomic mass is 35.5. The molecular weight excluding hydrogens is 523 g/mol. The molecule has 0 saturated heterocycles. The Morgan fingerprint density at radius 3 is 2.29 bits per heavy atom. The van der Waals surface area contributed by atoms with Gasteiger partial charge in [-0.1, -0.05) is 40.9 Å². The number of nitrogens with one attached hydrogen (secondary N) is 2. The quantitative estimate of drug-likeness (QED) is 0.350. The molecule has 0 fully saturated rings. The van der Waals surface area contributed by atoms with Crippen LogP contribution in [0.25, 0.3) is 0 Å². The first kappa shape index (κ1) is 26.0. The first-order chi connectivity index (χ1) is 16.2. The lowest BCUT2D eigenvalue weighted by molar-refractivity contribution is -0.123. The number of hydrogen-bond acceptors (Lipinski definition) is 5. The molecule has 0 aliphatic rings. The molecule has 3 rings (SSSR count). The third-order valence-electron chi connectivity index (χ3n) is 4.48. The molecule has 0 radical (unpaired) electrons. The number of benzene rings is 3. The molecule has 180 valence electrons. The maximum absolute atomic E-state index is 12.7. The average molecular weight is 544 g/mol. The second-order valence-electron chi connectivity index (χ2n) is 6.96. The maximum atomic E-state index is 12.7. The van der Waals surface area contributed by atoms with Gasteiger partial charge >= 0.3 is 0 Å². The minimum Gasteiger partial charge on any atom is -0.494 e. The highest BCUT2D eigenvalue weighted by molar-refractivity contribution is 7.92. The van der Waals surface area contributed by atoms with E-state index in [0.717, 1.165) is 0 Å². The van der Waals surface area contributed by atoms with Crippen molar-refractivity contribution in [2.75, 3.05) is 17.9 Å². The number of ether oxygens (including phenoxy) is 2. The van der Waals surface area contributed by atoms with Gasteiger partial charge in [0.2, 0.25) is 0 Å². The fourth-order valence-electron chi connectivity index (χ4n) is 2.82. The fraction of sp³-hybridized carbons (Fsp3) is 0.174. The molecule has 7 nitrogen and oxygen atoms in total. The molecule has 0 saturated carbocycles. The van der Waals surface area contributed by atoms with Crippen LogP contribution >= 0.6 is 34.8 Å². The molecule has 0 aromatic heterocycles. The van der Waals surface area contributed by atoms with Crippen LogP contribution in [0.5, 0.6) is 11.5 Å². The van der Waals surface area contributed by atoms with E-state index in [9.17, 15) is 13.2 Å². The molecule has 2 N–H and O–H groups in total. The van der Waals surface area contributed by atoms with Crippen molar-refractivity contribution in [2.45, 2.75) is 18.4 Å². The molecule has 34 heavy (non-hydrogen) atoms. The molecule has 0 spiro atoms. The smallest absolute Gasteiger partial charge is 0.261 e. The Morgan fingerprint density at radius 2 is 1.65 bits per heavy atom. The van der Waals surface area contributed by atoms with Crippen LogP contribution in [0.2, 0.25) is 15.1 Å². The number of carbonyl (C=O) groups is 1. The van der Waals surface area contributed by atoms with Gasteiger partial charge < -0.3 is 14.8 Å². The van der Waals surface area contributed by atoms with E-state index < -0.39 is 15.9 Å². The maximum Gasteiger partial charge on any atom is 0.261 e. The molecule has 0 unspecified atom stereocenters. The first-order valence-corrected chi connectivity index (χ1v) is 12.7. The van der Waals surface area contributed by atoms with Gasteiger partial charge in [-0.15, -0.1) is 0 Å². The lowest BCUT2D eigenvalue weighted by Gasteiger charge is -2.12. The second-order valence-corrected chi connectivity index (χ2v) is 9.89. The Balaban J connectivity index is 1.57. The summed E-state index contributed by atoms with van der Waals surface area (Å²) in [5, 5.41) is 3.65. The Kier molecular flexibility index (Phi) is 8.90. The zero-order valence-corrected chi connectivity index (χ0v) is 21.1. The number of hydrogen-bond donors (Lipinski definition) is 2. The number of carbonyl (C=O) groups excluding carboxylic acids is 1. The molecule has 0 bridgehead atoms. The van der Waals surface area contributed by atoms with Crippen molar-refractivity contribution in [3.8, 4) is 11.5 Å². The fourth-order valence-corrected chi connectivity index (χ4v) is 4.68. The van der Waals surface area contributed by atoms with Gasteiger partial charge in [-0.3, -0.25) is 9.52 Å². The van der Waals surface area contributed by atoms with Gasteiger partial charge in [-0.25, -0.2) is 8.42 Å². The predicted octanol–water partition coefficient (Wildman–Crippen LogP) is 5.54. The van der Waals surface area contributed by atoms with E-state index >= 15 is 0 Å². The Labute approximate surface area is 213 Å². The third-order valence-corrected chi connectivity index (χ3v) is 6.74. The molecule has 0 atom stereocenters. The summed E-state index contributed by atoms with van der Waals surface area (Å²) in [6.07, 6.45) is 0. The van der Waals surface area contributed by atoms with E-state index in [1.54, 1.807) is 42.5 Å². The van der Waals surface area contributed by atoms with E-state index in [2.05, 4.69) is 10.0 Å². The molecule has 0 heterocycles. The SMILES string of the molecule is CCOc1ccc(NS(=O)(=O)c2ccc(OCC(=O)NCc3ccc(Cl)cc3Cl)c(Cl)c2)cc1. The van der Waals surface area contributed by atoms with Crippen LogP contribution in [0.4, 0.5) is 5.69 Å². The van der Waals surface area contributed by atoms with E-state index in [1.807, 2.05) is 6.92 Å². The lowest BCUT2D eigenvalue weighted by Crippen LogP contribution is -2.28. The number of sulfonamides is 1. The molecule has 0 aliphatic heterocycles. The normalized spacial score (nSPS) is 11.1. The molecule has 3 aromatic carbocycles. The van der Waals surface area contributed by atoms with E-state index in [0.29, 0.717) is 33.7 Å². The van der Waals surface area contributed by atoms with Crippen LogP contribution in [0.1, 0.15) is 12.5 Å². The molecule has 0 aliphatic carbocycles. The van der Waals surface area contributed by atoms with Crippen molar-refractivity contribution >= 4 is 56.4 Å². The van der Waals surface area contributed by atoms with Gasteiger partial charge in [-0.05, 0) is 67.1 Å². The Bertz CT molecular complexity index is 1270. The number of rotatable bonds is 10. The van der Waals surface area contributed by atoms with E-state index in [-0.39, 0.29) is 28.8 Å². The van der Waals surface area contributed by atoms with Crippen LogP contribution in [-0.2, 0) is 21.4 Å². The molecule has 11 heteroatoms. The molecular formula is C23H21Cl3N2O5S. The summed E-state index contributed by atoms with van der Waals surface area (Å²) in [5.41, 5.74) is 1.07. The monoisotopic (exact) mass is 542 g/mol. The van der Waals surface area contributed by atoms with Crippen molar-refractivity contribution in [3.63, 3.8) is 0 Å². The van der Waals surface area contributed by atoms with Gasteiger partial charge in [0.05, 0.1) is 16.5 Å². The van der Waals surface area contributed by atoms with Crippen LogP contribution in [0, 0.1) is 0 Å². The van der Waals surface area contributed by atoms with Crippen molar-refractivity contribution in [2.24, 2.45) is 0 Å². The minimum atomic E-state index is -3.89. The van der Waals surface area contributed by atoms with Crippen LogP contribution in [-0.4, -0.2) is 27.5 Å². The van der Waals surface area contributed by atoms with Gasteiger partial charge in [0, 0.05) is 22.3 Å². The zero-order valence-electron chi connectivity index (χ0n) is 18.0. The Hall–Kier alpha value is -2.65. The largest absolute Gasteiger partial charge is 0.494 e. The van der Waals surface area contributed by atoms with Gasteiger partial charge in [-0.2, -0.15) is 0 Å². The average Bonchev–Trinajstić information content (AvgIpc) is 2.79. The van der Waals surface area contributed by atoms with Crippen molar-refractivity contribution < 1.29 is 22.7 Å². The van der Waals surface area contributed by atoms with Crippen LogP contribution < -0.4 is 19.5 Å². The summed E-state index contributed by atoms with van der Waals surface area (Å²) >= 11 is 18.1. The highest BCUT2D eigenvalue weighted by Crippen LogP contribution is 2.28. The minimum absolute atomic E-state index is 0.0446. The van der Waals surface area contributed by atoms with Crippen LogP contribution in [0.3, 0.4) is 0 Å². The molecule has 3 aromatic rings. The van der Waals surface area contributed by atoms with E-state index in [1.165, 1.54) is 18.2 Å². The second kappa shape index (κ2) is 11.7. The Morgan fingerprint density at radius 1 is 0.912 bits per heavy atom. The number of amides is 1. The lowest BCUT2D eigenvalue weighted by atomic mass is 10.2. The van der Waals surface area contributed by atoms with E-state index in [4.69, 9.17) is 44.3 Å². The summed E-state index contributed by atoms with van der Waals surface area (Å²) in [6, 6.07) is 15.5. The summed E-state index contributed by atoms with van der Waals surface area (Å²) < 4.78 is 38.6. The topological polar surface area (TPSA) is 93.7 Å². The number of anilines is 1. The summed E-state index contributed by atoms with van der Waals surface area (Å²) in [7, 11) is -3.89. The zero-order chi connectivity index (χ0) is 24.7. The molecule has 1 amide bonds. The summed E-state index contributed by atoms with van der Waals surface area (Å²) in [5.74, 6) is 0.396. The third kappa shape index (κ3) is 7.17. The number of halogens is 3. The van der Waals surface area contributed by atoms with Crippen molar-refractivity contribution in [1.29, 1.82) is 0 Å². The predicted molar refractivity (Wildman–Crippen MR) is 134 cm³/mol. The van der Waals surface area contributed by atoms with Gasteiger partial charge in [0.15, 0.2) is 6.61 Å².